The number of para-hydroxylation sites is 1. The molecule has 164 valence electrons. The van der Waals surface area contributed by atoms with E-state index < -0.39 is 10.0 Å². The summed E-state index contributed by atoms with van der Waals surface area (Å²) in [4.78, 5) is 17.5. The minimum Gasteiger partial charge on any atom is -0.493 e. The molecule has 8 nitrogen and oxygen atoms in total. The van der Waals surface area contributed by atoms with E-state index in [1.807, 2.05) is 6.07 Å². The Labute approximate surface area is 185 Å². The van der Waals surface area contributed by atoms with Gasteiger partial charge in [-0.3, -0.25) is 14.1 Å². The van der Waals surface area contributed by atoms with E-state index in [1.165, 1.54) is 37.0 Å². The van der Waals surface area contributed by atoms with Crippen molar-refractivity contribution >= 4 is 26.6 Å². The van der Waals surface area contributed by atoms with E-state index in [4.69, 9.17) is 9.47 Å². The lowest BCUT2D eigenvalue weighted by Gasteiger charge is -2.13. The zero-order valence-corrected chi connectivity index (χ0v) is 18.5. The number of hydrogen-bond acceptors (Lipinski definition) is 6. The Morgan fingerprint density at radius 3 is 2.28 bits per heavy atom. The predicted octanol–water partition coefficient (Wildman–Crippen LogP) is 3.51. The molecule has 0 radical (unpaired) electrons. The third-order valence-electron chi connectivity index (χ3n) is 4.99. The summed E-state index contributed by atoms with van der Waals surface area (Å²) in [6, 6.07) is 18.0. The van der Waals surface area contributed by atoms with E-state index in [-0.39, 0.29) is 10.5 Å². The minimum atomic E-state index is -3.86. The molecule has 1 N–H and O–H groups in total. The van der Waals surface area contributed by atoms with Crippen molar-refractivity contribution in [3.63, 3.8) is 0 Å². The van der Waals surface area contributed by atoms with Gasteiger partial charge in [-0.2, -0.15) is 0 Å². The number of hydrogen-bond donors (Lipinski definition) is 1. The molecule has 3 aromatic carbocycles. The summed E-state index contributed by atoms with van der Waals surface area (Å²) < 4.78 is 40.0. The van der Waals surface area contributed by atoms with Gasteiger partial charge in [0.25, 0.3) is 15.6 Å². The van der Waals surface area contributed by atoms with Gasteiger partial charge in [-0.15, -0.1) is 0 Å². The average Bonchev–Trinajstić information content (AvgIpc) is 2.79. The van der Waals surface area contributed by atoms with Crippen LogP contribution in [-0.2, 0) is 10.0 Å². The highest BCUT2D eigenvalue weighted by Gasteiger charge is 2.17. The average molecular weight is 452 g/mol. The lowest BCUT2D eigenvalue weighted by Crippen LogP contribution is -2.22. The number of sulfonamides is 1. The Kier molecular flexibility index (Phi) is 5.58. The van der Waals surface area contributed by atoms with Crippen molar-refractivity contribution in [3.8, 4) is 17.2 Å². The van der Waals surface area contributed by atoms with Crippen LogP contribution >= 0.6 is 0 Å². The molecule has 0 unspecified atom stereocenters. The Hall–Kier alpha value is -3.85. The Morgan fingerprint density at radius 1 is 0.906 bits per heavy atom. The van der Waals surface area contributed by atoms with Crippen molar-refractivity contribution in [1.82, 2.24) is 9.55 Å². The van der Waals surface area contributed by atoms with Crippen molar-refractivity contribution in [2.75, 3.05) is 18.9 Å². The molecule has 0 atom stereocenters. The highest BCUT2D eigenvalue weighted by Crippen LogP contribution is 2.30. The molecule has 0 amide bonds. The molecule has 9 heteroatoms. The SMILES string of the molecule is COc1ccc(S(=O)(=O)Nc2ccc(-n3c(C)nc4ccccc4c3=O)cc2)cc1OC. The van der Waals surface area contributed by atoms with Crippen molar-refractivity contribution in [2.24, 2.45) is 0 Å². The fraction of sp³-hybridized carbons (Fsp3) is 0.130. The molecule has 0 spiro atoms. The van der Waals surface area contributed by atoms with Crippen LogP contribution < -0.4 is 19.8 Å². The molecule has 1 heterocycles. The first kappa shape index (κ1) is 21.4. The molecular formula is C23H21N3O5S. The quantitative estimate of drug-likeness (QED) is 0.482. The molecule has 0 aliphatic rings. The molecule has 4 aromatic rings. The van der Waals surface area contributed by atoms with Crippen molar-refractivity contribution in [3.05, 3.63) is 82.9 Å². The minimum absolute atomic E-state index is 0.0324. The van der Waals surface area contributed by atoms with E-state index in [0.717, 1.165) is 0 Å². The number of anilines is 1. The maximum Gasteiger partial charge on any atom is 0.265 e. The number of aryl methyl sites for hydroxylation is 1. The fourth-order valence-electron chi connectivity index (χ4n) is 3.42. The number of rotatable bonds is 6. The van der Waals surface area contributed by atoms with Gasteiger partial charge < -0.3 is 9.47 Å². The molecular weight excluding hydrogens is 430 g/mol. The zero-order chi connectivity index (χ0) is 22.9. The third-order valence-corrected chi connectivity index (χ3v) is 6.37. The first-order valence-corrected chi connectivity index (χ1v) is 11.2. The van der Waals surface area contributed by atoms with E-state index in [2.05, 4.69) is 9.71 Å². The summed E-state index contributed by atoms with van der Waals surface area (Å²) in [7, 11) is -0.947. The van der Waals surface area contributed by atoms with Crippen LogP contribution in [0.1, 0.15) is 5.82 Å². The van der Waals surface area contributed by atoms with Gasteiger partial charge in [0.15, 0.2) is 11.5 Å². The maximum atomic E-state index is 13.0. The Morgan fingerprint density at radius 2 is 1.59 bits per heavy atom. The summed E-state index contributed by atoms with van der Waals surface area (Å²) in [6.07, 6.45) is 0. The molecule has 0 saturated heterocycles. The van der Waals surface area contributed by atoms with E-state index >= 15 is 0 Å². The number of nitrogens with one attached hydrogen (secondary N) is 1. The standard InChI is InChI=1S/C23H21N3O5S/c1-15-24-20-7-5-4-6-19(20)23(27)26(15)17-10-8-16(9-11-17)25-32(28,29)18-12-13-21(30-2)22(14-18)31-3/h4-14,25H,1-3H3. The number of methoxy groups -OCH3 is 2. The van der Waals surface area contributed by atoms with Crippen molar-refractivity contribution in [1.29, 1.82) is 0 Å². The van der Waals surface area contributed by atoms with Gasteiger partial charge in [0.2, 0.25) is 0 Å². The summed E-state index contributed by atoms with van der Waals surface area (Å²) in [5.74, 6) is 1.28. The molecule has 32 heavy (non-hydrogen) atoms. The van der Waals surface area contributed by atoms with Gasteiger partial charge in [0.05, 0.1) is 35.7 Å². The third kappa shape index (κ3) is 3.90. The molecule has 0 bridgehead atoms. The maximum absolute atomic E-state index is 13.0. The summed E-state index contributed by atoms with van der Waals surface area (Å²) in [6.45, 7) is 1.75. The number of nitrogens with zero attached hydrogens (tertiary/aromatic N) is 2. The van der Waals surface area contributed by atoms with Crippen LogP contribution in [0, 0.1) is 6.92 Å². The summed E-state index contributed by atoms with van der Waals surface area (Å²) >= 11 is 0. The van der Waals surface area contributed by atoms with Crippen LogP contribution in [-0.4, -0.2) is 32.2 Å². The lowest BCUT2D eigenvalue weighted by atomic mass is 10.2. The highest BCUT2D eigenvalue weighted by molar-refractivity contribution is 7.92. The van der Waals surface area contributed by atoms with E-state index in [1.54, 1.807) is 49.4 Å². The molecule has 0 aliphatic carbocycles. The van der Waals surface area contributed by atoms with Gasteiger partial charge in [0, 0.05) is 11.8 Å². The monoisotopic (exact) mass is 451 g/mol. The number of aromatic nitrogens is 2. The highest BCUT2D eigenvalue weighted by atomic mass is 32.2. The Balaban J connectivity index is 1.65. The smallest absolute Gasteiger partial charge is 0.265 e. The van der Waals surface area contributed by atoms with Crippen LogP contribution in [0.5, 0.6) is 11.5 Å². The van der Waals surface area contributed by atoms with E-state index in [9.17, 15) is 13.2 Å². The second kappa shape index (κ2) is 8.35. The summed E-state index contributed by atoms with van der Waals surface area (Å²) in [5.41, 5.74) is 1.38. The van der Waals surface area contributed by atoms with E-state index in [0.29, 0.717) is 39.6 Å². The van der Waals surface area contributed by atoms with Crippen molar-refractivity contribution < 1.29 is 17.9 Å². The molecule has 0 fully saturated rings. The van der Waals surface area contributed by atoms with Gasteiger partial charge in [0.1, 0.15) is 5.82 Å². The predicted molar refractivity (Wildman–Crippen MR) is 122 cm³/mol. The zero-order valence-electron chi connectivity index (χ0n) is 17.7. The van der Waals surface area contributed by atoms with Crippen LogP contribution in [0.15, 0.2) is 76.4 Å². The lowest BCUT2D eigenvalue weighted by molar-refractivity contribution is 0.354. The van der Waals surface area contributed by atoms with Gasteiger partial charge in [-0.05, 0) is 55.5 Å². The van der Waals surface area contributed by atoms with Crippen LogP contribution in [0.4, 0.5) is 5.69 Å². The van der Waals surface area contributed by atoms with Gasteiger partial charge in [-0.1, -0.05) is 12.1 Å². The fourth-order valence-corrected chi connectivity index (χ4v) is 4.50. The second-order valence-electron chi connectivity index (χ2n) is 6.99. The topological polar surface area (TPSA) is 99.5 Å². The normalized spacial score (nSPS) is 11.3. The first-order chi connectivity index (χ1) is 15.3. The second-order valence-corrected chi connectivity index (χ2v) is 8.67. The number of ether oxygens (including phenoxy) is 2. The van der Waals surface area contributed by atoms with Crippen molar-refractivity contribution in [2.45, 2.75) is 11.8 Å². The van der Waals surface area contributed by atoms with Crippen LogP contribution in [0.25, 0.3) is 16.6 Å². The molecule has 0 aliphatic heterocycles. The molecule has 0 saturated carbocycles. The summed E-state index contributed by atoms with van der Waals surface area (Å²) in [5, 5.41) is 0.510. The first-order valence-electron chi connectivity index (χ1n) is 9.68. The van der Waals surface area contributed by atoms with Gasteiger partial charge in [-0.25, -0.2) is 13.4 Å². The van der Waals surface area contributed by atoms with Crippen LogP contribution in [0.2, 0.25) is 0 Å². The van der Waals surface area contributed by atoms with Gasteiger partial charge >= 0.3 is 0 Å². The van der Waals surface area contributed by atoms with Crippen LogP contribution in [0.3, 0.4) is 0 Å². The molecule has 4 rings (SSSR count). The Bertz CT molecular complexity index is 1460. The largest absolute Gasteiger partial charge is 0.493 e. The number of fused-ring (bicyclic) bond motifs is 1. The molecule has 1 aromatic heterocycles. The number of benzene rings is 3.